The van der Waals surface area contributed by atoms with Gasteiger partial charge in [0, 0.05) is 44.4 Å². The Morgan fingerprint density at radius 3 is 2.72 bits per heavy atom. The first-order valence-corrected chi connectivity index (χ1v) is 9.67. The van der Waals surface area contributed by atoms with Gasteiger partial charge in [0.15, 0.2) is 0 Å². The molecule has 5 nitrogen and oxygen atoms in total. The van der Waals surface area contributed by atoms with Crippen molar-refractivity contribution in [2.24, 2.45) is 0 Å². The molecule has 1 aromatic rings. The van der Waals surface area contributed by atoms with Gasteiger partial charge in [0.05, 0.1) is 6.61 Å². The lowest BCUT2D eigenvalue weighted by Gasteiger charge is -2.26. The normalized spacial score (nSPS) is 17.8. The molecule has 0 aliphatic carbocycles. The fourth-order valence-corrected chi connectivity index (χ4v) is 3.47. The topological polar surface area (TPSA) is 50.8 Å². The van der Waals surface area contributed by atoms with Gasteiger partial charge in [-0.1, -0.05) is 12.5 Å². The number of carbonyl (C=O) groups excluding carboxylic acids is 1. The van der Waals surface area contributed by atoms with Gasteiger partial charge in [0.1, 0.15) is 5.75 Å². The van der Waals surface area contributed by atoms with Crippen molar-refractivity contribution in [3.63, 3.8) is 0 Å². The number of amides is 1. The van der Waals surface area contributed by atoms with Crippen LogP contribution in [0.2, 0.25) is 0 Å². The van der Waals surface area contributed by atoms with E-state index in [0.717, 1.165) is 50.5 Å². The van der Waals surface area contributed by atoms with Crippen LogP contribution in [0.4, 0.5) is 5.69 Å². The first-order chi connectivity index (χ1) is 12.3. The van der Waals surface area contributed by atoms with Gasteiger partial charge >= 0.3 is 0 Å². The summed E-state index contributed by atoms with van der Waals surface area (Å²) in [5.41, 5.74) is 2.08. The number of nitrogens with zero attached hydrogens (tertiary/aromatic N) is 1. The summed E-state index contributed by atoms with van der Waals surface area (Å²) in [6.07, 6.45) is 7.48. The minimum absolute atomic E-state index is 0.0857. The van der Waals surface area contributed by atoms with Crippen LogP contribution in [0.1, 0.15) is 44.1 Å². The van der Waals surface area contributed by atoms with Gasteiger partial charge in [0.2, 0.25) is 5.91 Å². The molecule has 0 spiro atoms. The average Bonchev–Trinajstić information content (AvgIpc) is 2.64. The van der Waals surface area contributed by atoms with Crippen molar-refractivity contribution in [2.45, 2.75) is 44.9 Å². The highest BCUT2D eigenvalue weighted by Crippen LogP contribution is 2.27. The fourth-order valence-electron chi connectivity index (χ4n) is 3.47. The molecule has 1 aromatic carbocycles. The molecule has 0 unspecified atom stereocenters. The van der Waals surface area contributed by atoms with Crippen LogP contribution >= 0.6 is 0 Å². The third kappa shape index (κ3) is 6.01. The van der Waals surface area contributed by atoms with E-state index in [4.69, 9.17) is 9.47 Å². The molecule has 0 radical (unpaired) electrons. The van der Waals surface area contributed by atoms with Crippen LogP contribution in [0.25, 0.3) is 0 Å². The average molecular weight is 346 g/mol. The van der Waals surface area contributed by atoms with E-state index in [0.29, 0.717) is 13.0 Å². The number of benzene rings is 1. The van der Waals surface area contributed by atoms with Crippen molar-refractivity contribution in [3.05, 3.63) is 23.8 Å². The molecule has 1 fully saturated rings. The van der Waals surface area contributed by atoms with Crippen molar-refractivity contribution in [2.75, 3.05) is 44.8 Å². The molecule has 2 heterocycles. The lowest BCUT2D eigenvalue weighted by molar-refractivity contribution is -0.116. The van der Waals surface area contributed by atoms with Crippen LogP contribution in [-0.2, 0) is 16.0 Å². The molecule has 1 N–H and O–H groups in total. The van der Waals surface area contributed by atoms with Gasteiger partial charge in [-0.25, -0.2) is 0 Å². The number of ether oxygens (including phenoxy) is 2. The minimum atomic E-state index is 0.0857. The van der Waals surface area contributed by atoms with Crippen LogP contribution < -0.4 is 10.1 Å². The summed E-state index contributed by atoms with van der Waals surface area (Å²) in [5, 5.41) is 2.90. The summed E-state index contributed by atoms with van der Waals surface area (Å²) in [6.45, 7) is 5.89. The van der Waals surface area contributed by atoms with E-state index < -0.39 is 0 Å². The van der Waals surface area contributed by atoms with Crippen LogP contribution in [0.3, 0.4) is 0 Å². The third-order valence-electron chi connectivity index (χ3n) is 4.89. The smallest absolute Gasteiger partial charge is 0.224 e. The molecule has 2 aliphatic heterocycles. The van der Waals surface area contributed by atoms with E-state index in [1.807, 2.05) is 18.2 Å². The number of anilines is 1. The monoisotopic (exact) mass is 346 g/mol. The van der Waals surface area contributed by atoms with Crippen LogP contribution in [-0.4, -0.2) is 50.3 Å². The van der Waals surface area contributed by atoms with E-state index in [2.05, 4.69) is 10.2 Å². The first-order valence-electron chi connectivity index (χ1n) is 9.67. The lowest BCUT2D eigenvalue weighted by Crippen LogP contribution is -2.31. The molecule has 0 aromatic heterocycles. The summed E-state index contributed by atoms with van der Waals surface area (Å²) < 4.78 is 11.5. The number of fused-ring (bicyclic) bond motifs is 1. The van der Waals surface area contributed by atoms with Crippen molar-refractivity contribution >= 4 is 11.6 Å². The van der Waals surface area contributed by atoms with Gasteiger partial charge in [-0.15, -0.1) is 0 Å². The Morgan fingerprint density at radius 1 is 1.00 bits per heavy atom. The van der Waals surface area contributed by atoms with E-state index in [-0.39, 0.29) is 5.91 Å². The Labute approximate surface area is 150 Å². The van der Waals surface area contributed by atoms with E-state index in [1.54, 1.807) is 0 Å². The predicted octanol–water partition coefficient (Wildman–Crippen LogP) is 3.23. The molecule has 3 rings (SSSR count). The Balaban J connectivity index is 1.24. The lowest BCUT2D eigenvalue weighted by atomic mass is 10.0. The molecule has 1 saturated heterocycles. The van der Waals surface area contributed by atoms with E-state index in [1.165, 1.54) is 37.9 Å². The fraction of sp³-hybridized carbons (Fsp3) is 0.650. The van der Waals surface area contributed by atoms with E-state index >= 15 is 0 Å². The molecule has 25 heavy (non-hydrogen) atoms. The third-order valence-corrected chi connectivity index (χ3v) is 4.89. The second-order valence-electron chi connectivity index (χ2n) is 6.94. The number of rotatable bonds is 9. The molecule has 5 heteroatoms. The Bertz CT molecular complexity index is 556. The number of likely N-dealkylation sites (tertiary alicyclic amines) is 1. The zero-order valence-electron chi connectivity index (χ0n) is 15.1. The highest BCUT2D eigenvalue weighted by Gasteiger charge is 2.15. The summed E-state index contributed by atoms with van der Waals surface area (Å²) in [6, 6.07) is 5.95. The highest BCUT2D eigenvalue weighted by molar-refractivity contribution is 5.94. The van der Waals surface area contributed by atoms with Gasteiger partial charge in [0.25, 0.3) is 0 Å². The molecule has 0 atom stereocenters. The molecular formula is C20H30N2O3. The second kappa shape index (κ2) is 9.78. The van der Waals surface area contributed by atoms with Gasteiger partial charge in [-0.3, -0.25) is 4.79 Å². The number of nitrogens with one attached hydrogen (secondary N) is 1. The summed E-state index contributed by atoms with van der Waals surface area (Å²) in [7, 11) is 0. The minimum Gasteiger partial charge on any atom is -0.493 e. The van der Waals surface area contributed by atoms with Crippen molar-refractivity contribution in [3.8, 4) is 5.75 Å². The number of piperidine rings is 1. The maximum absolute atomic E-state index is 11.5. The molecule has 2 aliphatic rings. The number of aryl methyl sites for hydroxylation is 1. The van der Waals surface area contributed by atoms with Gasteiger partial charge in [-0.05, 0) is 50.4 Å². The number of carbonyl (C=O) groups is 1. The largest absolute Gasteiger partial charge is 0.493 e. The highest BCUT2D eigenvalue weighted by atomic mass is 16.5. The van der Waals surface area contributed by atoms with Gasteiger partial charge < -0.3 is 19.7 Å². The van der Waals surface area contributed by atoms with E-state index in [9.17, 15) is 4.79 Å². The summed E-state index contributed by atoms with van der Waals surface area (Å²) in [4.78, 5) is 14.0. The second-order valence-corrected chi connectivity index (χ2v) is 6.94. The Morgan fingerprint density at radius 2 is 1.84 bits per heavy atom. The molecule has 1 amide bonds. The zero-order chi connectivity index (χ0) is 17.3. The van der Waals surface area contributed by atoms with Crippen molar-refractivity contribution < 1.29 is 14.3 Å². The van der Waals surface area contributed by atoms with Crippen LogP contribution in [0.5, 0.6) is 5.75 Å². The zero-order valence-corrected chi connectivity index (χ0v) is 15.1. The summed E-state index contributed by atoms with van der Waals surface area (Å²) in [5.74, 6) is 0.897. The SMILES string of the molecule is O=C1CCc2ccc(OCCCOCCCN3CCCCC3)cc2N1. The van der Waals surface area contributed by atoms with Crippen molar-refractivity contribution in [1.29, 1.82) is 0 Å². The van der Waals surface area contributed by atoms with Crippen LogP contribution in [0.15, 0.2) is 18.2 Å². The maximum atomic E-state index is 11.5. The summed E-state index contributed by atoms with van der Waals surface area (Å²) >= 11 is 0. The molecule has 0 saturated carbocycles. The quantitative estimate of drug-likeness (QED) is 0.698. The Kier molecular flexibility index (Phi) is 7.12. The standard InChI is InChI=1S/C20H30N2O3/c23-20-9-7-17-6-8-18(16-19(17)21-20)25-15-5-14-24-13-4-12-22-10-2-1-3-11-22/h6,8,16H,1-5,7,9-15H2,(H,21,23). The first kappa shape index (κ1) is 18.2. The van der Waals surface area contributed by atoms with Crippen molar-refractivity contribution in [1.82, 2.24) is 4.90 Å². The molecular weight excluding hydrogens is 316 g/mol. The Hall–Kier alpha value is -1.59. The molecule has 138 valence electrons. The number of hydrogen-bond acceptors (Lipinski definition) is 4. The van der Waals surface area contributed by atoms with Crippen LogP contribution in [0, 0.1) is 0 Å². The number of hydrogen-bond donors (Lipinski definition) is 1. The predicted molar refractivity (Wildman–Crippen MR) is 99.2 cm³/mol. The molecule has 0 bridgehead atoms. The van der Waals surface area contributed by atoms with Gasteiger partial charge in [-0.2, -0.15) is 0 Å². The maximum Gasteiger partial charge on any atom is 0.224 e.